The second kappa shape index (κ2) is 6.21. The number of para-hydroxylation sites is 4. The van der Waals surface area contributed by atoms with Crippen molar-refractivity contribution in [2.24, 2.45) is 0 Å². The molecule has 6 rings (SSSR count). The van der Waals surface area contributed by atoms with E-state index in [1.807, 2.05) is 54.6 Å². The zero-order valence-electron chi connectivity index (χ0n) is 15.3. The largest absolute Gasteiger partial charge is 0.453 e. The predicted octanol–water partition coefficient (Wildman–Crippen LogP) is 6.47. The summed E-state index contributed by atoms with van der Waals surface area (Å²) in [6, 6.07) is 26.1. The van der Waals surface area contributed by atoms with E-state index in [0.717, 1.165) is 39.6 Å². The Labute approximate surface area is 166 Å². The van der Waals surface area contributed by atoms with Gasteiger partial charge in [0.1, 0.15) is 5.52 Å². The van der Waals surface area contributed by atoms with Gasteiger partial charge >= 0.3 is 0 Å². The van der Waals surface area contributed by atoms with Gasteiger partial charge in [-0.25, -0.2) is 4.98 Å². The molecule has 3 heterocycles. The minimum atomic E-state index is 0.585. The number of nitrogens with zero attached hydrogens (tertiary/aromatic N) is 3. The van der Waals surface area contributed by atoms with Crippen molar-refractivity contribution in [1.29, 1.82) is 0 Å². The Hall–Kier alpha value is -4.12. The maximum atomic E-state index is 6.08. The third-order valence-electron chi connectivity index (χ3n) is 5.00. The highest BCUT2D eigenvalue weighted by Crippen LogP contribution is 2.50. The lowest BCUT2D eigenvalue weighted by Gasteiger charge is -2.32. The third-order valence-corrected chi connectivity index (χ3v) is 5.00. The van der Waals surface area contributed by atoms with Crippen LogP contribution < -0.4 is 9.64 Å². The van der Waals surface area contributed by atoms with Gasteiger partial charge in [0.05, 0.1) is 17.6 Å². The monoisotopic (exact) mass is 377 g/mol. The van der Waals surface area contributed by atoms with Crippen molar-refractivity contribution in [3.05, 3.63) is 91.3 Å². The lowest BCUT2D eigenvalue weighted by atomic mass is 10.1. The molecule has 3 aromatic carbocycles. The predicted molar refractivity (Wildman–Crippen MR) is 112 cm³/mol. The van der Waals surface area contributed by atoms with Crippen molar-refractivity contribution in [3.63, 3.8) is 0 Å². The summed E-state index contributed by atoms with van der Waals surface area (Å²) in [5.41, 5.74) is 5.45. The highest BCUT2D eigenvalue weighted by molar-refractivity contribution is 5.86. The fourth-order valence-corrected chi connectivity index (χ4v) is 3.64. The molecular formula is C24H15N3O2. The quantitative estimate of drug-likeness (QED) is 0.346. The van der Waals surface area contributed by atoms with Crippen LogP contribution in [0.1, 0.15) is 0 Å². The van der Waals surface area contributed by atoms with Gasteiger partial charge < -0.3 is 14.1 Å². The molecule has 138 valence electrons. The second-order valence-electron chi connectivity index (χ2n) is 6.78. The van der Waals surface area contributed by atoms with E-state index >= 15 is 0 Å². The molecule has 0 fully saturated rings. The molecule has 0 unspecified atom stereocenters. The summed E-state index contributed by atoms with van der Waals surface area (Å²) in [6.45, 7) is 0. The summed E-state index contributed by atoms with van der Waals surface area (Å²) in [6.07, 6.45) is 3.40. The first-order valence-electron chi connectivity index (χ1n) is 9.34. The number of ether oxygens (including phenoxy) is 1. The van der Waals surface area contributed by atoms with Gasteiger partial charge in [0.15, 0.2) is 17.1 Å². The Morgan fingerprint density at radius 3 is 2.10 bits per heavy atom. The smallest absolute Gasteiger partial charge is 0.227 e. The number of benzene rings is 3. The van der Waals surface area contributed by atoms with Crippen molar-refractivity contribution < 1.29 is 9.15 Å². The zero-order valence-corrected chi connectivity index (χ0v) is 15.3. The number of hydrogen-bond acceptors (Lipinski definition) is 5. The van der Waals surface area contributed by atoms with Crippen LogP contribution in [-0.2, 0) is 0 Å². The van der Waals surface area contributed by atoms with Crippen LogP contribution in [0.2, 0.25) is 0 Å². The van der Waals surface area contributed by atoms with Gasteiger partial charge in [-0.05, 0) is 54.6 Å². The van der Waals surface area contributed by atoms with Gasteiger partial charge in [-0.3, -0.25) is 4.98 Å². The molecule has 0 atom stereocenters. The number of hydrogen-bond donors (Lipinski definition) is 0. The van der Waals surface area contributed by atoms with Crippen LogP contribution in [0.3, 0.4) is 0 Å². The summed E-state index contributed by atoms with van der Waals surface area (Å²) >= 11 is 0. The Morgan fingerprint density at radius 2 is 1.41 bits per heavy atom. The van der Waals surface area contributed by atoms with E-state index in [1.54, 1.807) is 12.4 Å². The van der Waals surface area contributed by atoms with Crippen LogP contribution in [0.25, 0.3) is 22.6 Å². The normalized spacial score (nSPS) is 12.3. The van der Waals surface area contributed by atoms with Gasteiger partial charge in [0.25, 0.3) is 0 Å². The molecule has 5 nitrogen and oxygen atoms in total. The number of rotatable bonds is 2. The number of pyridine rings is 1. The highest BCUT2D eigenvalue weighted by Gasteiger charge is 2.25. The van der Waals surface area contributed by atoms with Crippen molar-refractivity contribution in [2.45, 2.75) is 0 Å². The molecule has 2 aromatic heterocycles. The number of oxazole rings is 1. The molecule has 0 saturated heterocycles. The van der Waals surface area contributed by atoms with Crippen molar-refractivity contribution in [2.75, 3.05) is 4.90 Å². The average Bonchev–Trinajstić information content (AvgIpc) is 3.22. The number of anilines is 3. The molecule has 0 radical (unpaired) electrons. The number of aromatic nitrogens is 2. The van der Waals surface area contributed by atoms with Crippen molar-refractivity contribution in [1.82, 2.24) is 9.97 Å². The van der Waals surface area contributed by atoms with Gasteiger partial charge in [-0.1, -0.05) is 24.3 Å². The van der Waals surface area contributed by atoms with E-state index < -0.39 is 0 Å². The fraction of sp³-hybridized carbons (Fsp3) is 0. The fourth-order valence-electron chi connectivity index (χ4n) is 3.64. The molecule has 29 heavy (non-hydrogen) atoms. The highest BCUT2D eigenvalue weighted by atomic mass is 16.5. The lowest BCUT2D eigenvalue weighted by Crippen LogP contribution is -2.15. The maximum absolute atomic E-state index is 6.08. The van der Waals surface area contributed by atoms with E-state index in [0.29, 0.717) is 11.5 Å². The van der Waals surface area contributed by atoms with Crippen LogP contribution in [0.5, 0.6) is 11.5 Å². The Kier molecular flexibility index (Phi) is 3.40. The Morgan fingerprint density at radius 1 is 0.724 bits per heavy atom. The van der Waals surface area contributed by atoms with Gasteiger partial charge in [-0.2, -0.15) is 0 Å². The first-order valence-corrected chi connectivity index (χ1v) is 9.34. The van der Waals surface area contributed by atoms with Crippen LogP contribution in [0, 0.1) is 0 Å². The molecular weight excluding hydrogens is 362 g/mol. The lowest BCUT2D eigenvalue weighted by molar-refractivity contribution is 0.477. The van der Waals surface area contributed by atoms with Crippen LogP contribution in [-0.4, -0.2) is 9.97 Å². The summed E-state index contributed by atoms with van der Waals surface area (Å²) < 4.78 is 11.9. The molecule has 0 saturated carbocycles. The molecule has 0 spiro atoms. The van der Waals surface area contributed by atoms with Crippen LogP contribution >= 0.6 is 0 Å². The van der Waals surface area contributed by atoms with Crippen LogP contribution in [0.4, 0.5) is 17.1 Å². The summed E-state index contributed by atoms with van der Waals surface area (Å²) in [5, 5.41) is 0. The average molecular weight is 377 g/mol. The first-order chi connectivity index (χ1) is 14.4. The second-order valence-corrected chi connectivity index (χ2v) is 6.78. The molecule has 0 N–H and O–H groups in total. The third kappa shape index (κ3) is 2.56. The Bertz CT molecular complexity index is 1260. The van der Waals surface area contributed by atoms with Crippen molar-refractivity contribution >= 4 is 28.2 Å². The molecule has 5 heteroatoms. The van der Waals surface area contributed by atoms with Crippen LogP contribution in [0.15, 0.2) is 95.7 Å². The summed E-state index contributed by atoms with van der Waals surface area (Å²) in [7, 11) is 0. The Balaban J connectivity index is 1.44. The van der Waals surface area contributed by atoms with Gasteiger partial charge in [0, 0.05) is 17.4 Å². The maximum Gasteiger partial charge on any atom is 0.227 e. The molecule has 1 aliphatic rings. The minimum Gasteiger partial charge on any atom is -0.453 e. The van der Waals surface area contributed by atoms with Gasteiger partial charge in [0.2, 0.25) is 5.89 Å². The van der Waals surface area contributed by atoms with E-state index in [2.05, 4.69) is 39.1 Å². The van der Waals surface area contributed by atoms with Gasteiger partial charge in [-0.15, -0.1) is 0 Å². The van der Waals surface area contributed by atoms with Crippen molar-refractivity contribution in [3.8, 4) is 23.0 Å². The molecule has 5 aromatic rings. The zero-order chi connectivity index (χ0) is 19.2. The van der Waals surface area contributed by atoms with E-state index in [4.69, 9.17) is 9.15 Å². The SMILES string of the molecule is c1ccc2c(c1)Oc1ccccc1N2c1ccc(-c2nc3ccncc3o2)cc1. The summed E-state index contributed by atoms with van der Waals surface area (Å²) in [5.74, 6) is 2.26. The molecule has 0 amide bonds. The molecule has 0 aliphatic carbocycles. The molecule has 1 aliphatic heterocycles. The van der Waals surface area contributed by atoms with E-state index in [-0.39, 0.29) is 0 Å². The molecule has 0 bridgehead atoms. The van der Waals surface area contributed by atoms with E-state index in [1.165, 1.54) is 0 Å². The first kappa shape index (κ1) is 15.9. The summed E-state index contributed by atoms with van der Waals surface area (Å²) in [4.78, 5) is 10.8. The minimum absolute atomic E-state index is 0.585. The topological polar surface area (TPSA) is 51.4 Å². The number of fused-ring (bicyclic) bond motifs is 3. The standard InChI is InChI=1S/C24H15N3O2/c1-3-7-21-19(5-1)27(20-6-2-4-8-22(20)28-21)17-11-9-16(10-12-17)24-26-18-13-14-25-15-23(18)29-24/h1-15H. The van der Waals surface area contributed by atoms with E-state index in [9.17, 15) is 0 Å².